The topological polar surface area (TPSA) is 98.1 Å². The maximum absolute atomic E-state index is 13.9. The molecule has 2 aliphatic rings. The number of hydrogen-bond acceptors (Lipinski definition) is 4. The Balaban J connectivity index is 1.52. The molecule has 9 heteroatoms. The van der Waals surface area contributed by atoms with Crippen molar-refractivity contribution < 1.29 is 18.4 Å². The van der Waals surface area contributed by atoms with E-state index in [9.17, 15) is 18.4 Å². The van der Waals surface area contributed by atoms with Crippen molar-refractivity contribution in [1.29, 1.82) is 5.26 Å². The number of rotatable bonds is 4. The van der Waals surface area contributed by atoms with Crippen LogP contribution in [0.2, 0.25) is 0 Å². The molecule has 2 heterocycles. The number of benzene rings is 1. The third-order valence-corrected chi connectivity index (χ3v) is 5.29. The van der Waals surface area contributed by atoms with Gasteiger partial charge in [-0.2, -0.15) is 5.26 Å². The molecule has 29 heavy (non-hydrogen) atoms. The zero-order valence-corrected chi connectivity index (χ0v) is 15.5. The van der Waals surface area contributed by atoms with Crippen molar-refractivity contribution in [3.05, 3.63) is 58.9 Å². The highest BCUT2D eigenvalue weighted by Gasteiger charge is 2.57. The van der Waals surface area contributed by atoms with Crippen LogP contribution in [0.3, 0.4) is 0 Å². The molecular weight excluding hydrogens is 380 g/mol. The Hall–Kier alpha value is -3.54. The number of pyridine rings is 1. The number of anilines is 1. The first kappa shape index (κ1) is 18.8. The molecule has 1 aromatic heterocycles. The lowest BCUT2D eigenvalue weighted by Crippen LogP contribution is -2.52. The number of aromatic nitrogens is 1. The summed E-state index contributed by atoms with van der Waals surface area (Å²) in [5.41, 5.74) is 0.767. The van der Waals surface area contributed by atoms with Gasteiger partial charge in [0.2, 0.25) is 5.91 Å². The van der Waals surface area contributed by atoms with Gasteiger partial charge in [-0.3, -0.25) is 4.79 Å². The zero-order valence-electron chi connectivity index (χ0n) is 15.5. The summed E-state index contributed by atoms with van der Waals surface area (Å²) in [6.07, 6.45) is 1.26. The molecule has 1 spiro atoms. The molecule has 4 rings (SSSR count). The Bertz CT molecular complexity index is 1060. The molecule has 7 nitrogen and oxygen atoms in total. The second-order valence-electron chi connectivity index (χ2n) is 7.21. The summed E-state index contributed by atoms with van der Waals surface area (Å²) in [6, 6.07) is 7.14. The number of carbonyl (C=O) groups is 2. The molecule has 1 fully saturated rings. The molecule has 2 N–H and O–H groups in total. The molecule has 0 unspecified atom stereocenters. The number of nitrogens with one attached hydrogen (secondary N) is 2. The van der Waals surface area contributed by atoms with Crippen molar-refractivity contribution in [1.82, 2.24) is 15.2 Å². The van der Waals surface area contributed by atoms with E-state index in [1.165, 1.54) is 17.0 Å². The van der Waals surface area contributed by atoms with E-state index >= 15 is 0 Å². The highest BCUT2D eigenvalue weighted by atomic mass is 19.1. The number of urea groups is 1. The van der Waals surface area contributed by atoms with E-state index in [0.717, 1.165) is 12.1 Å². The molecule has 1 atom stereocenters. The summed E-state index contributed by atoms with van der Waals surface area (Å²) in [6.45, 7) is 1.32. The van der Waals surface area contributed by atoms with Crippen LogP contribution in [-0.2, 0) is 10.3 Å². The number of halogens is 2. The Morgan fingerprint density at radius 1 is 1.38 bits per heavy atom. The van der Waals surface area contributed by atoms with E-state index in [4.69, 9.17) is 5.26 Å². The zero-order chi connectivity index (χ0) is 20.8. The highest BCUT2D eigenvalue weighted by molar-refractivity contribution is 5.96. The van der Waals surface area contributed by atoms with E-state index in [1.807, 2.05) is 6.07 Å². The van der Waals surface area contributed by atoms with E-state index in [0.29, 0.717) is 24.2 Å². The van der Waals surface area contributed by atoms with Crippen molar-refractivity contribution >= 4 is 17.6 Å². The fourth-order valence-electron chi connectivity index (χ4n) is 3.69. The van der Waals surface area contributed by atoms with Crippen molar-refractivity contribution in [2.24, 2.45) is 0 Å². The standard InChI is InChI=1S/C20H17F2N5O2/c1-11(14-4-2-12(21)8-15(14)22)24-17(28)10-27-19(29)26-16-5-3-13(9-23)25-18(16)20(27)6-7-20/h2-5,8,11H,6-7,10H2,1H3,(H,24,28)(H,26,29)/t11-/m1/s1. The number of carbonyl (C=O) groups excluding carboxylic acids is 2. The maximum atomic E-state index is 13.9. The van der Waals surface area contributed by atoms with Gasteiger partial charge in [-0.15, -0.1) is 0 Å². The summed E-state index contributed by atoms with van der Waals surface area (Å²) >= 11 is 0. The van der Waals surface area contributed by atoms with Gasteiger partial charge in [-0.25, -0.2) is 18.6 Å². The van der Waals surface area contributed by atoms with Gasteiger partial charge in [0, 0.05) is 11.6 Å². The lowest BCUT2D eigenvalue weighted by atomic mass is 10.0. The summed E-state index contributed by atoms with van der Waals surface area (Å²) in [5.74, 6) is -1.94. The van der Waals surface area contributed by atoms with Crippen LogP contribution in [0.1, 0.15) is 42.8 Å². The van der Waals surface area contributed by atoms with Crippen LogP contribution in [0.5, 0.6) is 0 Å². The summed E-state index contributed by atoms with van der Waals surface area (Å²) < 4.78 is 27.0. The number of nitrogens with zero attached hydrogens (tertiary/aromatic N) is 3. The Labute approximate surface area is 165 Å². The number of hydrogen-bond donors (Lipinski definition) is 2. The quantitative estimate of drug-likeness (QED) is 0.829. The van der Waals surface area contributed by atoms with E-state index in [2.05, 4.69) is 15.6 Å². The van der Waals surface area contributed by atoms with E-state index in [1.54, 1.807) is 13.0 Å². The molecule has 2 aromatic rings. The molecule has 3 amide bonds. The van der Waals surface area contributed by atoms with Crippen LogP contribution < -0.4 is 10.6 Å². The fourth-order valence-corrected chi connectivity index (χ4v) is 3.69. The molecule has 1 saturated carbocycles. The highest BCUT2D eigenvalue weighted by Crippen LogP contribution is 2.54. The molecule has 0 bridgehead atoms. The Morgan fingerprint density at radius 3 is 2.79 bits per heavy atom. The minimum atomic E-state index is -0.755. The van der Waals surface area contributed by atoms with E-state index < -0.39 is 35.2 Å². The van der Waals surface area contributed by atoms with Crippen molar-refractivity contribution in [3.8, 4) is 6.07 Å². The number of nitriles is 1. The van der Waals surface area contributed by atoms with Gasteiger partial charge in [-0.1, -0.05) is 6.07 Å². The predicted molar refractivity (Wildman–Crippen MR) is 98.5 cm³/mol. The third kappa shape index (κ3) is 3.27. The van der Waals surface area contributed by atoms with Gasteiger partial charge >= 0.3 is 6.03 Å². The van der Waals surface area contributed by atoms with Crippen LogP contribution in [0.25, 0.3) is 0 Å². The van der Waals surface area contributed by atoms with Gasteiger partial charge in [0.05, 0.1) is 23.0 Å². The first-order valence-electron chi connectivity index (χ1n) is 9.08. The second-order valence-corrected chi connectivity index (χ2v) is 7.21. The predicted octanol–water partition coefficient (Wildman–Crippen LogP) is 2.95. The van der Waals surface area contributed by atoms with Crippen LogP contribution in [-0.4, -0.2) is 28.4 Å². The fraction of sp³-hybridized carbons (Fsp3) is 0.300. The third-order valence-electron chi connectivity index (χ3n) is 5.29. The molecule has 1 aromatic carbocycles. The first-order chi connectivity index (χ1) is 13.8. The molecule has 0 saturated heterocycles. The smallest absolute Gasteiger partial charge is 0.323 e. The average Bonchev–Trinajstić information content (AvgIpc) is 3.46. The van der Waals surface area contributed by atoms with Gasteiger partial charge in [0.1, 0.15) is 29.9 Å². The Morgan fingerprint density at radius 2 is 2.14 bits per heavy atom. The second kappa shape index (κ2) is 6.81. The Kier molecular flexibility index (Phi) is 4.42. The first-order valence-corrected chi connectivity index (χ1v) is 9.08. The minimum absolute atomic E-state index is 0.148. The molecular formula is C20H17F2N5O2. The summed E-state index contributed by atoms with van der Waals surface area (Å²) in [5, 5.41) is 14.4. The lowest BCUT2D eigenvalue weighted by molar-refractivity contribution is -0.123. The molecule has 0 radical (unpaired) electrons. The molecule has 1 aliphatic carbocycles. The SMILES string of the molecule is C[C@@H](NC(=O)CN1C(=O)Nc2ccc(C#N)nc2C12CC2)c1ccc(F)cc1F. The van der Waals surface area contributed by atoms with Crippen LogP contribution >= 0.6 is 0 Å². The number of fused-ring (bicyclic) bond motifs is 2. The van der Waals surface area contributed by atoms with Gasteiger partial charge in [-0.05, 0) is 38.0 Å². The van der Waals surface area contributed by atoms with Gasteiger partial charge in [0.15, 0.2) is 0 Å². The lowest BCUT2D eigenvalue weighted by Gasteiger charge is -2.36. The minimum Gasteiger partial charge on any atom is -0.348 e. The molecule has 148 valence electrons. The molecule has 1 aliphatic heterocycles. The van der Waals surface area contributed by atoms with Crippen LogP contribution in [0.4, 0.5) is 19.3 Å². The van der Waals surface area contributed by atoms with Crippen molar-refractivity contribution in [2.45, 2.75) is 31.3 Å². The van der Waals surface area contributed by atoms with Crippen LogP contribution in [0.15, 0.2) is 30.3 Å². The van der Waals surface area contributed by atoms with Crippen molar-refractivity contribution in [3.63, 3.8) is 0 Å². The summed E-state index contributed by atoms with van der Waals surface area (Å²) in [7, 11) is 0. The maximum Gasteiger partial charge on any atom is 0.323 e. The van der Waals surface area contributed by atoms with Crippen molar-refractivity contribution in [2.75, 3.05) is 11.9 Å². The van der Waals surface area contributed by atoms with Gasteiger partial charge in [0.25, 0.3) is 0 Å². The number of amides is 3. The van der Waals surface area contributed by atoms with E-state index in [-0.39, 0.29) is 17.8 Å². The largest absolute Gasteiger partial charge is 0.348 e. The van der Waals surface area contributed by atoms with Gasteiger partial charge < -0.3 is 15.5 Å². The normalized spacial score (nSPS) is 17.2. The summed E-state index contributed by atoms with van der Waals surface area (Å²) in [4.78, 5) is 30.9. The monoisotopic (exact) mass is 397 g/mol. The van der Waals surface area contributed by atoms with Crippen LogP contribution in [0, 0.1) is 23.0 Å². The average molecular weight is 397 g/mol.